The zero-order chi connectivity index (χ0) is 13.4. The highest BCUT2D eigenvalue weighted by Gasteiger charge is 2.11. The molecule has 0 fully saturated rings. The molecule has 1 aromatic carbocycles. The number of nitrogens with zero attached hydrogens (tertiary/aromatic N) is 2. The van der Waals surface area contributed by atoms with Gasteiger partial charge in [-0.3, -0.25) is 0 Å². The molecule has 3 aromatic rings. The molecule has 0 aliphatic carbocycles. The predicted octanol–water partition coefficient (Wildman–Crippen LogP) is 4.73. The molecular weight excluding hydrogens is 321 g/mol. The summed E-state index contributed by atoms with van der Waals surface area (Å²) in [7, 11) is 0. The number of aromatic nitrogens is 2. The fraction of sp³-hybridized carbons (Fsp3) is 0. The number of fused-ring (bicyclic) bond motifs is 1. The SMILES string of the molecule is Nc1nc(Sc2cc(Cl)ccc2Cl)c2ccsc2n1. The number of hydrogen-bond acceptors (Lipinski definition) is 5. The van der Waals surface area contributed by atoms with Gasteiger partial charge in [0, 0.05) is 15.3 Å². The summed E-state index contributed by atoms with van der Waals surface area (Å²) >= 11 is 15.1. The maximum Gasteiger partial charge on any atom is 0.222 e. The van der Waals surface area contributed by atoms with Crippen molar-refractivity contribution in [3.63, 3.8) is 0 Å². The van der Waals surface area contributed by atoms with Crippen molar-refractivity contribution >= 4 is 62.5 Å². The smallest absolute Gasteiger partial charge is 0.222 e. The third-order valence-electron chi connectivity index (χ3n) is 2.41. The van der Waals surface area contributed by atoms with Crippen LogP contribution in [-0.4, -0.2) is 9.97 Å². The van der Waals surface area contributed by atoms with Crippen molar-refractivity contribution < 1.29 is 0 Å². The van der Waals surface area contributed by atoms with Crippen LogP contribution in [0.15, 0.2) is 39.6 Å². The van der Waals surface area contributed by atoms with Crippen molar-refractivity contribution in [3.05, 3.63) is 39.7 Å². The quantitative estimate of drug-likeness (QED) is 0.691. The summed E-state index contributed by atoms with van der Waals surface area (Å²) in [6, 6.07) is 7.30. The molecule has 0 bridgehead atoms. The first-order valence-corrected chi connectivity index (χ1v) is 7.72. The molecule has 96 valence electrons. The summed E-state index contributed by atoms with van der Waals surface area (Å²) in [5, 5.41) is 4.99. The van der Waals surface area contributed by atoms with Gasteiger partial charge in [-0.1, -0.05) is 35.0 Å². The van der Waals surface area contributed by atoms with Gasteiger partial charge in [0.05, 0.1) is 5.02 Å². The molecule has 0 saturated carbocycles. The van der Waals surface area contributed by atoms with E-state index in [1.807, 2.05) is 17.5 Å². The number of thiophene rings is 1. The van der Waals surface area contributed by atoms with Gasteiger partial charge < -0.3 is 5.73 Å². The average Bonchev–Trinajstić information content (AvgIpc) is 2.82. The first-order chi connectivity index (χ1) is 9.13. The molecule has 3 nitrogen and oxygen atoms in total. The van der Waals surface area contributed by atoms with E-state index in [1.54, 1.807) is 12.1 Å². The van der Waals surface area contributed by atoms with Gasteiger partial charge in [-0.05, 0) is 29.6 Å². The minimum atomic E-state index is 0.260. The standard InChI is InChI=1S/C12H7Cl2N3S2/c13-6-1-2-8(14)9(5-6)19-11-7-3-4-18-10(7)16-12(15)17-11/h1-5H,(H2,15,16,17). The minimum absolute atomic E-state index is 0.260. The molecule has 0 spiro atoms. The van der Waals surface area contributed by atoms with Crippen molar-refractivity contribution in [2.75, 3.05) is 5.73 Å². The number of nitrogen functional groups attached to an aromatic ring is 1. The van der Waals surface area contributed by atoms with Crippen LogP contribution in [0.25, 0.3) is 10.2 Å². The van der Waals surface area contributed by atoms with E-state index in [0.717, 1.165) is 20.1 Å². The zero-order valence-corrected chi connectivity index (χ0v) is 12.6. The second-order valence-electron chi connectivity index (χ2n) is 3.70. The molecule has 0 unspecified atom stereocenters. The minimum Gasteiger partial charge on any atom is -0.368 e. The Morgan fingerprint density at radius 1 is 1.16 bits per heavy atom. The summed E-state index contributed by atoms with van der Waals surface area (Å²) in [5.41, 5.74) is 5.72. The number of hydrogen-bond donors (Lipinski definition) is 1. The van der Waals surface area contributed by atoms with Crippen LogP contribution >= 0.6 is 46.3 Å². The van der Waals surface area contributed by atoms with Gasteiger partial charge in [-0.2, -0.15) is 0 Å². The van der Waals surface area contributed by atoms with E-state index >= 15 is 0 Å². The van der Waals surface area contributed by atoms with Crippen LogP contribution in [0.2, 0.25) is 10.0 Å². The molecule has 2 N–H and O–H groups in total. The average molecular weight is 328 g/mol. The van der Waals surface area contributed by atoms with Crippen molar-refractivity contribution in [1.29, 1.82) is 0 Å². The highest BCUT2D eigenvalue weighted by molar-refractivity contribution is 7.99. The van der Waals surface area contributed by atoms with Gasteiger partial charge >= 0.3 is 0 Å². The maximum absolute atomic E-state index is 6.16. The van der Waals surface area contributed by atoms with Crippen LogP contribution in [0.3, 0.4) is 0 Å². The summed E-state index contributed by atoms with van der Waals surface area (Å²) in [5.74, 6) is 0.260. The van der Waals surface area contributed by atoms with Gasteiger partial charge in [0.25, 0.3) is 0 Å². The Hall–Kier alpha value is -1.01. The van der Waals surface area contributed by atoms with Gasteiger partial charge in [-0.15, -0.1) is 11.3 Å². The Morgan fingerprint density at radius 2 is 2.00 bits per heavy atom. The molecule has 0 radical (unpaired) electrons. The molecule has 2 aromatic heterocycles. The lowest BCUT2D eigenvalue weighted by Gasteiger charge is -2.05. The van der Waals surface area contributed by atoms with Crippen LogP contribution in [-0.2, 0) is 0 Å². The summed E-state index contributed by atoms with van der Waals surface area (Å²) in [4.78, 5) is 10.2. The molecule has 0 atom stereocenters. The topological polar surface area (TPSA) is 51.8 Å². The predicted molar refractivity (Wildman–Crippen MR) is 82.4 cm³/mol. The van der Waals surface area contributed by atoms with Crippen LogP contribution in [0.4, 0.5) is 5.95 Å². The van der Waals surface area contributed by atoms with E-state index in [0.29, 0.717) is 10.0 Å². The van der Waals surface area contributed by atoms with E-state index in [-0.39, 0.29) is 5.95 Å². The molecule has 0 amide bonds. The number of halogens is 2. The Labute approximate surface area is 127 Å². The largest absolute Gasteiger partial charge is 0.368 e. The first kappa shape index (κ1) is 13.0. The molecule has 0 saturated heterocycles. The van der Waals surface area contributed by atoms with Crippen LogP contribution < -0.4 is 5.73 Å². The molecular formula is C12H7Cl2N3S2. The van der Waals surface area contributed by atoms with E-state index in [1.165, 1.54) is 23.1 Å². The molecule has 0 aliphatic heterocycles. The fourth-order valence-corrected chi connectivity index (χ4v) is 3.86. The first-order valence-electron chi connectivity index (χ1n) is 5.27. The van der Waals surface area contributed by atoms with E-state index in [9.17, 15) is 0 Å². The van der Waals surface area contributed by atoms with Gasteiger partial charge in [0.1, 0.15) is 9.86 Å². The lowest BCUT2D eigenvalue weighted by atomic mass is 10.4. The van der Waals surface area contributed by atoms with E-state index in [4.69, 9.17) is 28.9 Å². The number of nitrogens with two attached hydrogens (primary N) is 1. The van der Waals surface area contributed by atoms with Gasteiger partial charge in [-0.25, -0.2) is 9.97 Å². The van der Waals surface area contributed by atoms with Crippen molar-refractivity contribution in [3.8, 4) is 0 Å². The second kappa shape index (κ2) is 5.17. The summed E-state index contributed by atoms with van der Waals surface area (Å²) in [6.07, 6.45) is 0. The Morgan fingerprint density at radius 3 is 2.84 bits per heavy atom. The number of rotatable bonds is 2. The van der Waals surface area contributed by atoms with Crippen molar-refractivity contribution in [2.24, 2.45) is 0 Å². The van der Waals surface area contributed by atoms with E-state index < -0.39 is 0 Å². The Bertz CT molecular complexity index is 758. The maximum atomic E-state index is 6.16. The second-order valence-corrected chi connectivity index (χ2v) is 6.47. The van der Waals surface area contributed by atoms with Gasteiger partial charge in [0.2, 0.25) is 5.95 Å². The number of benzene rings is 1. The Kier molecular flexibility index (Phi) is 3.54. The van der Waals surface area contributed by atoms with Crippen molar-refractivity contribution in [1.82, 2.24) is 9.97 Å². The highest BCUT2D eigenvalue weighted by atomic mass is 35.5. The van der Waals surface area contributed by atoms with E-state index in [2.05, 4.69) is 9.97 Å². The van der Waals surface area contributed by atoms with Crippen LogP contribution in [0, 0.1) is 0 Å². The molecule has 3 rings (SSSR count). The number of anilines is 1. The summed E-state index contributed by atoms with van der Waals surface area (Å²) in [6.45, 7) is 0. The lowest BCUT2D eigenvalue weighted by molar-refractivity contribution is 1.12. The highest BCUT2D eigenvalue weighted by Crippen LogP contribution is 2.38. The Balaban J connectivity index is 2.10. The lowest BCUT2D eigenvalue weighted by Crippen LogP contribution is -1.95. The third kappa shape index (κ3) is 2.65. The summed E-state index contributed by atoms with van der Waals surface area (Å²) < 4.78 is 0. The van der Waals surface area contributed by atoms with Crippen LogP contribution in [0.1, 0.15) is 0 Å². The molecule has 7 heteroatoms. The van der Waals surface area contributed by atoms with Crippen LogP contribution in [0.5, 0.6) is 0 Å². The zero-order valence-electron chi connectivity index (χ0n) is 9.43. The fourth-order valence-electron chi connectivity index (χ4n) is 1.58. The monoisotopic (exact) mass is 327 g/mol. The van der Waals surface area contributed by atoms with Gasteiger partial charge in [0.15, 0.2) is 0 Å². The van der Waals surface area contributed by atoms with Crippen molar-refractivity contribution in [2.45, 2.75) is 9.92 Å². The molecule has 19 heavy (non-hydrogen) atoms. The third-order valence-corrected chi connectivity index (χ3v) is 4.95. The molecule has 2 heterocycles. The molecule has 0 aliphatic rings. The normalized spacial score (nSPS) is 11.1.